The SMILES string of the molecule is CCN(CC)S(=O)(=O)c1ccc(Oc2ccccc2)c(NC(=O)c2cccc(C)c2[N+](=O)[O-])c1. The van der Waals surface area contributed by atoms with Crippen molar-refractivity contribution in [2.24, 2.45) is 0 Å². The van der Waals surface area contributed by atoms with Crippen molar-refractivity contribution in [2.45, 2.75) is 25.7 Å². The van der Waals surface area contributed by atoms with Crippen molar-refractivity contribution in [3.63, 3.8) is 0 Å². The highest BCUT2D eigenvalue weighted by atomic mass is 32.2. The van der Waals surface area contributed by atoms with Gasteiger partial charge in [0.25, 0.3) is 11.6 Å². The largest absolute Gasteiger partial charge is 0.455 e. The van der Waals surface area contributed by atoms with Gasteiger partial charge >= 0.3 is 0 Å². The number of sulfonamides is 1. The molecule has 0 aliphatic rings. The van der Waals surface area contributed by atoms with Crippen molar-refractivity contribution in [3.8, 4) is 11.5 Å². The van der Waals surface area contributed by atoms with Crippen molar-refractivity contribution in [2.75, 3.05) is 18.4 Å². The van der Waals surface area contributed by atoms with Gasteiger partial charge in [-0.1, -0.05) is 44.2 Å². The minimum absolute atomic E-state index is 0.0364. The summed E-state index contributed by atoms with van der Waals surface area (Å²) < 4.78 is 33.2. The van der Waals surface area contributed by atoms with Crippen LogP contribution in [0.4, 0.5) is 11.4 Å². The van der Waals surface area contributed by atoms with Gasteiger partial charge in [-0.05, 0) is 43.3 Å². The molecule has 0 heterocycles. The highest BCUT2D eigenvalue weighted by Crippen LogP contribution is 2.34. The van der Waals surface area contributed by atoms with Crippen LogP contribution >= 0.6 is 0 Å². The quantitative estimate of drug-likeness (QED) is 0.339. The molecule has 0 saturated carbocycles. The molecule has 0 aromatic heterocycles. The second kappa shape index (κ2) is 10.4. The van der Waals surface area contributed by atoms with Crippen LogP contribution in [-0.2, 0) is 10.0 Å². The van der Waals surface area contributed by atoms with Crippen LogP contribution < -0.4 is 10.1 Å². The third-order valence-electron chi connectivity index (χ3n) is 5.18. The molecule has 34 heavy (non-hydrogen) atoms. The number of para-hydroxylation sites is 2. The molecule has 3 rings (SSSR count). The fourth-order valence-corrected chi connectivity index (χ4v) is 4.94. The number of hydrogen-bond donors (Lipinski definition) is 1. The van der Waals surface area contributed by atoms with E-state index in [2.05, 4.69) is 5.32 Å². The first-order chi connectivity index (χ1) is 16.2. The fourth-order valence-electron chi connectivity index (χ4n) is 3.46. The Morgan fingerprint density at radius 1 is 1.03 bits per heavy atom. The lowest BCUT2D eigenvalue weighted by Gasteiger charge is -2.20. The molecule has 3 aromatic carbocycles. The number of benzene rings is 3. The van der Waals surface area contributed by atoms with E-state index in [0.717, 1.165) is 0 Å². The molecule has 0 spiro atoms. The summed E-state index contributed by atoms with van der Waals surface area (Å²) in [6.07, 6.45) is 0. The van der Waals surface area contributed by atoms with Gasteiger partial charge in [0.2, 0.25) is 10.0 Å². The number of aryl methyl sites for hydroxylation is 1. The van der Waals surface area contributed by atoms with Crippen LogP contribution in [0.1, 0.15) is 29.8 Å². The molecular weight excluding hydrogens is 458 g/mol. The Kier molecular flexibility index (Phi) is 7.64. The Morgan fingerprint density at radius 3 is 2.32 bits per heavy atom. The second-order valence-corrected chi connectivity index (χ2v) is 9.28. The van der Waals surface area contributed by atoms with E-state index in [-0.39, 0.29) is 40.7 Å². The maximum absolute atomic E-state index is 13.1. The third kappa shape index (κ3) is 5.24. The van der Waals surface area contributed by atoms with E-state index in [1.54, 1.807) is 44.2 Å². The molecule has 0 aliphatic carbocycles. The molecule has 0 unspecified atom stereocenters. The number of nitro groups is 1. The number of hydrogen-bond acceptors (Lipinski definition) is 6. The zero-order valence-corrected chi connectivity index (χ0v) is 19.8. The molecular formula is C24H25N3O6S. The Hall–Kier alpha value is -3.76. The summed E-state index contributed by atoms with van der Waals surface area (Å²) in [7, 11) is -3.82. The van der Waals surface area contributed by atoms with Gasteiger partial charge in [-0.15, -0.1) is 0 Å². The van der Waals surface area contributed by atoms with Crippen molar-refractivity contribution in [1.82, 2.24) is 4.31 Å². The van der Waals surface area contributed by atoms with Gasteiger partial charge in [0.1, 0.15) is 11.3 Å². The summed E-state index contributed by atoms with van der Waals surface area (Å²) in [5.41, 5.74) is -0.0701. The fraction of sp³-hybridized carbons (Fsp3) is 0.208. The third-order valence-corrected chi connectivity index (χ3v) is 7.22. The van der Waals surface area contributed by atoms with Crippen molar-refractivity contribution >= 4 is 27.3 Å². The van der Waals surface area contributed by atoms with Crippen molar-refractivity contribution in [3.05, 3.63) is 88.0 Å². The van der Waals surface area contributed by atoms with Crippen LogP contribution in [0.25, 0.3) is 0 Å². The molecule has 1 N–H and O–H groups in total. The maximum atomic E-state index is 13.1. The molecule has 3 aromatic rings. The van der Waals surface area contributed by atoms with Crippen LogP contribution in [0.3, 0.4) is 0 Å². The van der Waals surface area contributed by atoms with E-state index in [0.29, 0.717) is 11.3 Å². The van der Waals surface area contributed by atoms with Crippen molar-refractivity contribution < 1.29 is 22.9 Å². The van der Waals surface area contributed by atoms with Gasteiger partial charge in [-0.25, -0.2) is 8.42 Å². The molecule has 0 radical (unpaired) electrons. The van der Waals surface area contributed by atoms with E-state index < -0.39 is 20.9 Å². The Morgan fingerprint density at radius 2 is 1.71 bits per heavy atom. The Bertz CT molecular complexity index is 1310. The zero-order chi connectivity index (χ0) is 24.9. The van der Waals surface area contributed by atoms with Gasteiger partial charge in [-0.3, -0.25) is 14.9 Å². The summed E-state index contributed by atoms with van der Waals surface area (Å²) in [5, 5.41) is 14.2. The first-order valence-electron chi connectivity index (χ1n) is 10.6. The standard InChI is InChI=1S/C24H25N3O6S/c1-4-26(5-2)34(31,32)19-14-15-22(33-18-11-7-6-8-12-18)21(16-19)25-24(28)20-13-9-10-17(3)23(20)27(29)30/h6-16H,4-5H2,1-3H3,(H,25,28). The van der Waals surface area contributed by atoms with Crippen LogP contribution in [0.5, 0.6) is 11.5 Å². The predicted octanol–water partition coefficient (Wildman–Crippen LogP) is 4.98. The minimum atomic E-state index is -3.82. The van der Waals surface area contributed by atoms with Gasteiger partial charge < -0.3 is 10.1 Å². The average molecular weight is 484 g/mol. The monoisotopic (exact) mass is 483 g/mol. The van der Waals surface area contributed by atoms with E-state index in [4.69, 9.17) is 4.74 Å². The van der Waals surface area contributed by atoms with Gasteiger partial charge in [0.15, 0.2) is 5.75 Å². The maximum Gasteiger partial charge on any atom is 0.285 e. The lowest BCUT2D eigenvalue weighted by Crippen LogP contribution is -2.30. The smallest absolute Gasteiger partial charge is 0.285 e. The topological polar surface area (TPSA) is 119 Å². The number of rotatable bonds is 9. The van der Waals surface area contributed by atoms with E-state index in [1.165, 1.54) is 41.6 Å². The number of carbonyl (C=O) groups excluding carboxylic acids is 1. The Labute approximate surface area is 198 Å². The van der Waals surface area contributed by atoms with Crippen LogP contribution in [0.2, 0.25) is 0 Å². The normalized spacial score (nSPS) is 11.3. The Balaban J connectivity index is 2.08. The van der Waals surface area contributed by atoms with E-state index in [9.17, 15) is 23.3 Å². The molecule has 0 bridgehead atoms. The second-order valence-electron chi connectivity index (χ2n) is 7.34. The molecule has 0 fully saturated rings. The minimum Gasteiger partial charge on any atom is -0.455 e. The summed E-state index contributed by atoms with van der Waals surface area (Å²) >= 11 is 0. The van der Waals surface area contributed by atoms with Gasteiger partial charge in [-0.2, -0.15) is 4.31 Å². The average Bonchev–Trinajstić information content (AvgIpc) is 2.81. The summed E-state index contributed by atoms with van der Waals surface area (Å²) in [4.78, 5) is 24.0. The lowest BCUT2D eigenvalue weighted by molar-refractivity contribution is -0.385. The molecule has 0 atom stereocenters. The summed E-state index contributed by atoms with van der Waals surface area (Å²) in [6.45, 7) is 5.55. The summed E-state index contributed by atoms with van der Waals surface area (Å²) in [6, 6.07) is 17.3. The van der Waals surface area contributed by atoms with Crippen LogP contribution in [-0.4, -0.2) is 36.6 Å². The number of nitrogens with one attached hydrogen (secondary N) is 1. The molecule has 0 saturated heterocycles. The number of ether oxygens (including phenoxy) is 1. The number of nitro benzene ring substituents is 1. The molecule has 1 amide bonds. The van der Waals surface area contributed by atoms with Gasteiger partial charge in [0, 0.05) is 18.7 Å². The van der Waals surface area contributed by atoms with Crippen molar-refractivity contribution in [1.29, 1.82) is 0 Å². The van der Waals surface area contributed by atoms with Gasteiger partial charge in [0.05, 0.1) is 15.5 Å². The summed E-state index contributed by atoms with van der Waals surface area (Å²) in [5.74, 6) is -0.0991. The molecule has 10 heteroatoms. The van der Waals surface area contributed by atoms with E-state index >= 15 is 0 Å². The lowest BCUT2D eigenvalue weighted by atomic mass is 10.1. The van der Waals surface area contributed by atoms with E-state index in [1.807, 2.05) is 6.07 Å². The molecule has 9 nitrogen and oxygen atoms in total. The predicted molar refractivity (Wildman–Crippen MR) is 129 cm³/mol. The highest BCUT2D eigenvalue weighted by molar-refractivity contribution is 7.89. The molecule has 178 valence electrons. The number of anilines is 1. The first-order valence-corrected chi connectivity index (χ1v) is 12.1. The number of amides is 1. The first kappa shape index (κ1) is 24.9. The highest BCUT2D eigenvalue weighted by Gasteiger charge is 2.26. The van der Waals surface area contributed by atoms with Crippen LogP contribution in [0, 0.1) is 17.0 Å². The number of carbonyl (C=O) groups is 1. The zero-order valence-electron chi connectivity index (χ0n) is 19.0. The van der Waals surface area contributed by atoms with Crippen LogP contribution in [0.15, 0.2) is 71.6 Å². The number of nitrogens with zero attached hydrogens (tertiary/aromatic N) is 2. The molecule has 0 aliphatic heterocycles.